The van der Waals surface area contributed by atoms with Crippen molar-refractivity contribution in [3.05, 3.63) is 54.2 Å². The molecule has 2 aromatic carbocycles. The van der Waals surface area contributed by atoms with Gasteiger partial charge in [-0.15, -0.1) is 0 Å². The van der Waals surface area contributed by atoms with Gasteiger partial charge in [-0.1, -0.05) is 30.3 Å². The maximum absolute atomic E-state index is 13.1. The van der Waals surface area contributed by atoms with Crippen LogP contribution in [0.25, 0.3) is 22.0 Å². The molecule has 3 aromatic rings. The van der Waals surface area contributed by atoms with Crippen molar-refractivity contribution in [3.8, 4) is 11.1 Å². The molecule has 0 aliphatic heterocycles. The number of carbonyl (C=O) groups is 1. The van der Waals surface area contributed by atoms with Gasteiger partial charge in [0.25, 0.3) is 5.91 Å². The molecule has 1 N–H and O–H groups in total. The van der Waals surface area contributed by atoms with Crippen molar-refractivity contribution in [2.24, 2.45) is 0 Å². The van der Waals surface area contributed by atoms with Gasteiger partial charge < -0.3 is 4.90 Å². The van der Waals surface area contributed by atoms with E-state index in [1.165, 1.54) is 0 Å². The fraction of sp³-hybridized carbons (Fsp3) is 0.300. The van der Waals surface area contributed by atoms with Gasteiger partial charge in [-0.05, 0) is 51.0 Å². The third-order valence-electron chi connectivity index (χ3n) is 4.26. The summed E-state index contributed by atoms with van der Waals surface area (Å²) in [4.78, 5) is 15.1. The van der Waals surface area contributed by atoms with Crippen LogP contribution in [0.5, 0.6) is 0 Å². The lowest BCUT2D eigenvalue weighted by atomic mass is 9.97. The molecule has 4 heteroatoms. The predicted molar refractivity (Wildman–Crippen MR) is 98.0 cm³/mol. The Morgan fingerprint density at radius 1 is 1.04 bits per heavy atom. The molecule has 0 saturated heterocycles. The lowest BCUT2D eigenvalue weighted by Crippen LogP contribution is -2.42. The van der Waals surface area contributed by atoms with E-state index in [2.05, 4.69) is 37.9 Å². The van der Waals surface area contributed by atoms with Crippen LogP contribution in [0.1, 0.15) is 38.1 Å². The third-order valence-corrected chi connectivity index (χ3v) is 4.26. The molecule has 0 fully saturated rings. The standard InChI is InChI=1S/C20H23N3O/c1-13(2)23(14(3)4)20(24)18-8-6-5-7-17(18)15-9-10-16-12-21-22-19(16)11-15/h5-14H,1-4H3,(H,21,22). The summed E-state index contributed by atoms with van der Waals surface area (Å²) in [5, 5.41) is 8.12. The lowest BCUT2D eigenvalue weighted by molar-refractivity contribution is 0.0644. The van der Waals surface area contributed by atoms with Crippen LogP contribution in [0.4, 0.5) is 0 Å². The Morgan fingerprint density at radius 2 is 1.75 bits per heavy atom. The van der Waals surface area contributed by atoms with E-state index in [0.29, 0.717) is 0 Å². The number of benzene rings is 2. The van der Waals surface area contributed by atoms with E-state index in [0.717, 1.165) is 27.6 Å². The molecule has 0 radical (unpaired) electrons. The highest BCUT2D eigenvalue weighted by Gasteiger charge is 2.23. The zero-order valence-corrected chi connectivity index (χ0v) is 14.6. The number of hydrogen-bond donors (Lipinski definition) is 1. The van der Waals surface area contributed by atoms with Crippen LogP contribution in [0.2, 0.25) is 0 Å². The Kier molecular flexibility index (Phi) is 4.38. The second kappa shape index (κ2) is 6.48. The minimum atomic E-state index is 0.0697. The summed E-state index contributed by atoms with van der Waals surface area (Å²) in [7, 11) is 0. The maximum atomic E-state index is 13.1. The zero-order chi connectivity index (χ0) is 17.3. The average molecular weight is 321 g/mol. The molecular formula is C20H23N3O. The molecule has 0 atom stereocenters. The van der Waals surface area contributed by atoms with Crippen LogP contribution in [0.15, 0.2) is 48.7 Å². The normalized spacial score (nSPS) is 11.4. The van der Waals surface area contributed by atoms with E-state index in [-0.39, 0.29) is 18.0 Å². The second-order valence-corrected chi connectivity index (χ2v) is 6.62. The number of aromatic nitrogens is 2. The van der Waals surface area contributed by atoms with Crippen molar-refractivity contribution in [1.82, 2.24) is 15.1 Å². The van der Waals surface area contributed by atoms with Gasteiger partial charge in [0.2, 0.25) is 0 Å². The molecular weight excluding hydrogens is 298 g/mol. The van der Waals surface area contributed by atoms with Gasteiger partial charge in [-0.3, -0.25) is 9.89 Å². The number of nitrogens with one attached hydrogen (secondary N) is 1. The SMILES string of the molecule is CC(C)N(C(=O)c1ccccc1-c1ccc2cn[nH]c2c1)C(C)C. The molecule has 1 amide bonds. The summed E-state index contributed by atoms with van der Waals surface area (Å²) < 4.78 is 0. The van der Waals surface area contributed by atoms with E-state index in [9.17, 15) is 4.79 Å². The van der Waals surface area contributed by atoms with Crippen LogP contribution in [-0.4, -0.2) is 33.1 Å². The molecule has 0 aliphatic carbocycles. The number of aromatic amines is 1. The van der Waals surface area contributed by atoms with Gasteiger partial charge in [0.1, 0.15) is 0 Å². The molecule has 0 bridgehead atoms. The first-order valence-corrected chi connectivity index (χ1v) is 8.34. The van der Waals surface area contributed by atoms with Crippen molar-refractivity contribution in [2.45, 2.75) is 39.8 Å². The number of carbonyl (C=O) groups excluding carboxylic acids is 1. The average Bonchev–Trinajstić information content (AvgIpc) is 3.01. The minimum Gasteiger partial charge on any atom is -0.334 e. The third kappa shape index (κ3) is 2.92. The number of fused-ring (bicyclic) bond motifs is 1. The number of nitrogens with zero attached hydrogens (tertiary/aromatic N) is 2. The molecule has 124 valence electrons. The maximum Gasteiger partial charge on any atom is 0.254 e. The van der Waals surface area contributed by atoms with E-state index in [4.69, 9.17) is 0 Å². The van der Waals surface area contributed by atoms with E-state index in [1.54, 1.807) is 6.20 Å². The van der Waals surface area contributed by atoms with Gasteiger partial charge in [0.15, 0.2) is 0 Å². The summed E-state index contributed by atoms with van der Waals surface area (Å²) >= 11 is 0. The molecule has 0 unspecified atom stereocenters. The molecule has 0 spiro atoms. The molecule has 24 heavy (non-hydrogen) atoms. The summed E-state index contributed by atoms with van der Waals surface area (Å²) in [5.41, 5.74) is 3.67. The van der Waals surface area contributed by atoms with Gasteiger partial charge >= 0.3 is 0 Å². The van der Waals surface area contributed by atoms with Crippen molar-refractivity contribution in [1.29, 1.82) is 0 Å². The lowest BCUT2D eigenvalue weighted by Gasteiger charge is -2.31. The first kappa shape index (κ1) is 16.2. The summed E-state index contributed by atoms with van der Waals surface area (Å²) in [5.74, 6) is 0.0697. The highest BCUT2D eigenvalue weighted by molar-refractivity contribution is 6.02. The number of hydrogen-bond acceptors (Lipinski definition) is 2. The van der Waals surface area contributed by atoms with Gasteiger partial charge in [-0.2, -0.15) is 5.10 Å². The Labute approximate surface area is 142 Å². The van der Waals surface area contributed by atoms with Crippen molar-refractivity contribution >= 4 is 16.8 Å². The van der Waals surface area contributed by atoms with Crippen LogP contribution in [-0.2, 0) is 0 Å². The monoisotopic (exact) mass is 321 g/mol. The summed E-state index contributed by atoms with van der Waals surface area (Å²) in [6.45, 7) is 8.21. The Hall–Kier alpha value is -2.62. The van der Waals surface area contributed by atoms with Crippen molar-refractivity contribution < 1.29 is 4.79 Å². The Bertz CT molecular complexity index is 856. The number of amides is 1. The molecule has 0 saturated carbocycles. The van der Waals surface area contributed by atoms with E-state index < -0.39 is 0 Å². The van der Waals surface area contributed by atoms with Gasteiger partial charge in [0.05, 0.1) is 11.7 Å². The molecule has 4 nitrogen and oxygen atoms in total. The quantitative estimate of drug-likeness (QED) is 0.769. The van der Waals surface area contributed by atoms with E-state index >= 15 is 0 Å². The van der Waals surface area contributed by atoms with Crippen LogP contribution < -0.4 is 0 Å². The highest BCUT2D eigenvalue weighted by Crippen LogP contribution is 2.28. The van der Waals surface area contributed by atoms with Crippen molar-refractivity contribution in [2.75, 3.05) is 0 Å². The smallest absolute Gasteiger partial charge is 0.254 e. The molecule has 0 aliphatic rings. The summed E-state index contributed by atoms with van der Waals surface area (Å²) in [6.07, 6.45) is 1.80. The van der Waals surface area contributed by atoms with Crippen molar-refractivity contribution in [3.63, 3.8) is 0 Å². The Morgan fingerprint density at radius 3 is 2.46 bits per heavy atom. The Balaban J connectivity index is 2.09. The van der Waals surface area contributed by atoms with Gasteiger partial charge in [0, 0.05) is 23.0 Å². The molecule has 1 heterocycles. The van der Waals surface area contributed by atoms with Crippen LogP contribution >= 0.6 is 0 Å². The summed E-state index contributed by atoms with van der Waals surface area (Å²) in [6, 6.07) is 14.2. The topological polar surface area (TPSA) is 49.0 Å². The van der Waals surface area contributed by atoms with Crippen LogP contribution in [0, 0.1) is 0 Å². The van der Waals surface area contributed by atoms with E-state index in [1.807, 2.05) is 47.4 Å². The fourth-order valence-electron chi connectivity index (χ4n) is 3.23. The highest BCUT2D eigenvalue weighted by atomic mass is 16.2. The first-order chi connectivity index (χ1) is 11.5. The second-order valence-electron chi connectivity index (χ2n) is 6.62. The minimum absolute atomic E-state index is 0.0697. The molecule has 1 aromatic heterocycles. The predicted octanol–water partition coefficient (Wildman–Crippen LogP) is 4.49. The number of H-pyrrole nitrogens is 1. The largest absolute Gasteiger partial charge is 0.334 e. The molecule has 3 rings (SSSR count). The van der Waals surface area contributed by atoms with Crippen LogP contribution in [0.3, 0.4) is 0 Å². The first-order valence-electron chi connectivity index (χ1n) is 8.34. The zero-order valence-electron chi connectivity index (χ0n) is 14.6. The fourth-order valence-corrected chi connectivity index (χ4v) is 3.23. The number of rotatable bonds is 4. The van der Waals surface area contributed by atoms with Gasteiger partial charge in [-0.25, -0.2) is 0 Å².